The van der Waals surface area contributed by atoms with E-state index >= 15 is 0 Å². The van der Waals surface area contributed by atoms with E-state index in [2.05, 4.69) is 25.2 Å². The summed E-state index contributed by atoms with van der Waals surface area (Å²) < 4.78 is 85.7. The quantitative estimate of drug-likeness (QED) is 0.318. The van der Waals surface area contributed by atoms with Crippen LogP contribution >= 0.6 is 0 Å². The first-order valence-corrected chi connectivity index (χ1v) is 9.49. The third kappa shape index (κ3) is 3.84. The van der Waals surface area contributed by atoms with Crippen LogP contribution in [0.15, 0.2) is 65.6 Å². The van der Waals surface area contributed by atoms with E-state index in [1.165, 1.54) is 6.20 Å². The molecule has 0 atom stereocenters. The molecular formula is C21H10F6N6O. The van der Waals surface area contributed by atoms with E-state index in [1.54, 1.807) is 18.3 Å². The Hall–Kier alpha value is -4.29. The lowest BCUT2D eigenvalue weighted by Crippen LogP contribution is -2.13. The van der Waals surface area contributed by atoms with E-state index < -0.39 is 23.6 Å². The maximum absolute atomic E-state index is 13.8. The van der Waals surface area contributed by atoms with Gasteiger partial charge in [0.25, 0.3) is 5.89 Å². The molecule has 0 saturated carbocycles. The molecule has 0 radical (unpaired) electrons. The van der Waals surface area contributed by atoms with Gasteiger partial charge in [-0.1, -0.05) is 17.3 Å². The number of aromatic nitrogens is 6. The van der Waals surface area contributed by atoms with Crippen molar-refractivity contribution in [1.29, 1.82) is 0 Å². The molecule has 0 aliphatic carbocycles. The van der Waals surface area contributed by atoms with Crippen molar-refractivity contribution in [3.05, 3.63) is 72.3 Å². The summed E-state index contributed by atoms with van der Waals surface area (Å²) in [5.74, 6) is 0.0106. The Bertz CT molecular complexity index is 1470. The molecule has 0 unspecified atom stereocenters. The Labute approximate surface area is 185 Å². The molecule has 0 spiro atoms. The number of benzene rings is 1. The maximum atomic E-state index is 13.8. The second kappa shape index (κ2) is 7.64. The normalized spacial score (nSPS) is 12.4. The minimum atomic E-state index is -4.83. The van der Waals surface area contributed by atoms with E-state index in [0.717, 1.165) is 30.5 Å². The molecule has 0 saturated heterocycles. The molecule has 172 valence electrons. The Balaban J connectivity index is 1.65. The van der Waals surface area contributed by atoms with Gasteiger partial charge < -0.3 is 4.52 Å². The summed E-state index contributed by atoms with van der Waals surface area (Å²) >= 11 is 0. The highest BCUT2D eigenvalue weighted by atomic mass is 19.4. The van der Waals surface area contributed by atoms with Gasteiger partial charge in [0.05, 0.1) is 17.5 Å². The highest BCUT2D eigenvalue weighted by molar-refractivity contribution is 5.75. The molecule has 0 fully saturated rings. The van der Waals surface area contributed by atoms with Crippen molar-refractivity contribution < 1.29 is 30.9 Å². The zero-order valence-electron chi connectivity index (χ0n) is 16.6. The van der Waals surface area contributed by atoms with Gasteiger partial charge in [0.15, 0.2) is 11.3 Å². The Kier molecular flexibility index (Phi) is 4.84. The highest BCUT2D eigenvalue weighted by Crippen LogP contribution is 2.36. The van der Waals surface area contributed by atoms with Crippen LogP contribution in [0.5, 0.6) is 0 Å². The first-order chi connectivity index (χ1) is 16.1. The molecule has 0 N–H and O–H groups in total. The van der Waals surface area contributed by atoms with Crippen molar-refractivity contribution in [2.45, 2.75) is 12.4 Å². The molecule has 5 aromatic rings. The second-order valence-electron chi connectivity index (χ2n) is 7.06. The van der Waals surface area contributed by atoms with Crippen molar-refractivity contribution in [1.82, 2.24) is 29.7 Å². The molecule has 0 amide bonds. The van der Waals surface area contributed by atoms with E-state index in [0.29, 0.717) is 16.1 Å². The molecule has 34 heavy (non-hydrogen) atoms. The molecule has 4 heterocycles. The number of pyridine rings is 1. The smallest absolute Gasteiger partial charge is 0.333 e. The van der Waals surface area contributed by atoms with Crippen molar-refractivity contribution >= 4 is 5.65 Å². The molecule has 13 heteroatoms. The van der Waals surface area contributed by atoms with Gasteiger partial charge in [-0.15, -0.1) is 0 Å². The van der Waals surface area contributed by atoms with Crippen LogP contribution in [0.2, 0.25) is 0 Å². The number of alkyl halides is 6. The molecule has 4 aromatic heterocycles. The monoisotopic (exact) mass is 476 g/mol. The molecule has 0 aliphatic rings. The van der Waals surface area contributed by atoms with Crippen molar-refractivity contribution in [3.8, 4) is 34.1 Å². The van der Waals surface area contributed by atoms with Gasteiger partial charge >= 0.3 is 12.4 Å². The minimum Gasteiger partial charge on any atom is -0.333 e. The highest BCUT2D eigenvalue weighted by Gasteiger charge is 2.36. The van der Waals surface area contributed by atoms with Crippen LogP contribution in [0.25, 0.3) is 39.7 Å². The maximum Gasteiger partial charge on any atom is 0.433 e. The largest absolute Gasteiger partial charge is 0.433 e. The lowest BCUT2D eigenvalue weighted by Gasteiger charge is -2.12. The lowest BCUT2D eigenvalue weighted by molar-refractivity contribution is -0.142. The minimum absolute atomic E-state index is 0.0156. The van der Waals surface area contributed by atoms with Crippen molar-refractivity contribution in [2.24, 2.45) is 0 Å². The molecular weight excluding hydrogens is 466 g/mol. The van der Waals surface area contributed by atoms with E-state index in [4.69, 9.17) is 4.52 Å². The fourth-order valence-electron chi connectivity index (χ4n) is 3.24. The van der Waals surface area contributed by atoms with Gasteiger partial charge in [-0.2, -0.15) is 36.4 Å². The number of nitrogens with zero attached hydrogens (tertiary/aromatic N) is 6. The summed E-state index contributed by atoms with van der Waals surface area (Å²) in [6, 6.07) is 7.65. The summed E-state index contributed by atoms with van der Waals surface area (Å²) in [5, 5.41) is 7.58. The van der Waals surface area contributed by atoms with Crippen LogP contribution in [0.4, 0.5) is 26.3 Å². The zero-order valence-corrected chi connectivity index (χ0v) is 16.6. The van der Waals surface area contributed by atoms with Gasteiger partial charge in [-0.3, -0.25) is 4.98 Å². The van der Waals surface area contributed by atoms with E-state index in [-0.39, 0.29) is 34.2 Å². The lowest BCUT2D eigenvalue weighted by atomic mass is 10.1. The fraction of sp³-hybridized carbons (Fsp3) is 0.0952. The third-order valence-electron chi connectivity index (χ3n) is 4.85. The standard InChI is InChI=1S/C21H10F6N6O/c22-20(23,24)13-5-3-11(4-6-13)15-8-16(21(25,26)27)33-18(30-15)14(10-29-33)19-31-17(32-34-19)12-2-1-7-28-9-12/h1-10H. The van der Waals surface area contributed by atoms with Crippen molar-refractivity contribution in [2.75, 3.05) is 0 Å². The zero-order chi connectivity index (χ0) is 24.1. The number of rotatable bonds is 3. The average Bonchev–Trinajstić information content (AvgIpc) is 3.45. The van der Waals surface area contributed by atoms with Gasteiger partial charge in [0, 0.05) is 23.5 Å². The predicted molar refractivity (Wildman–Crippen MR) is 105 cm³/mol. The SMILES string of the molecule is FC(F)(F)c1ccc(-c2cc(C(F)(F)F)n3ncc(-c4nc(-c5cccnc5)no4)c3n2)cc1. The summed E-state index contributed by atoms with van der Waals surface area (Å²) in [4.78, 5) is 12.3. The number of hydrogen-bond donors (Lipinski definition) is 0. The summed E-state index contributed by atoms with van der Waals surface area (Å²) in [5.41, 5.74) is -1.99. The fourth-order valence-corrected chi connectivity index (χ4v) is 3.24. The molecule has 5 rings (SSSR count). The number of fused-ring (bicyclic) bond motifs is 1. The van der Waals surface area contributed by atoms with Crippen LogP contribution in [-0.2, 0) is 12.4 Å². The van der Waals surface area contributed by atoms with Gasteiger partial charge in [-0.25, -0.2) is 9.50 Å². The van der Waals surface area contributed by atoms with Crippen LogP contribution in [0.1, 0.15) is 11.3 Å². The molecule has 0 bridgehead atoms. The van der Waals surface area contributed by atoms with Crippen LogP contribution in [0, 0.1) is 0 Å². The number of hydrogen-bond acceptors (Lipinski definition) is 6. The van der Waals surface area contributed by atoms with Gasteiger partial charge in [0.1, 0.15) is 5.56 Å². The summed E-state index contributed by atoms with van der Waals surface area (Å²) in [6.45, 7) is 0. The van der Waals surface area contributed by atoms with Gasteiger partial charge in [0.2, 0.25) is 5.82 Å². The average molecular weight is 476 g/mol. The van der Waals surface area contributed by atoms with E-state index in [1.807, 2.05) is 0 Å². The first-order valence-electron chi connectivity index (χ1n) is 9.49. The van der Waals surface area contributed by atoms with Crippen LogP contribution < -0.4 is 0 Å². The Morgan fingerprint density at radius 3 is 2.24 bits per heavy atom. The summed E-state index contributed by atoms with van der Waals surface area (Å²) in [6.07, 6.45) is -5.31. The molecule has 0 aliphatic heterocycles. The summed E-state index contributed by atoms with van der Waals surface area (Å²) in [7, 11) is 0. The molecule has 1 aromatic carbocycles. The van der Waals surface area contributed by atoms with Crippen LogP contribution in [0.3, 0.4) is 0 Å². The van der Waals surface area contributed by atoms with Gasteiger partial charge in [-0.05, 0) is 30.3 Å². The van der Waals surface area contributed by atoms with E-state index in [9.17, 15) is 26.3 Å². The predicted octanol–water partition coefficient (Wildman–Crippen LogP) is 5.55. The Morgan fingerprint density at radius 2 is 1.59 bits per heavy atom. The van der Waals surface area contributed by atoms with Crippen LogP contribution in [-0.4, -0.2) is 29.7 Å². The third-order valence-corrected chi connectivity index (χ3v) is 4.85. The van der Waals surface area contributed by atoms with Crippen molar-refractivity contribution in [3.63, 3.8) is 0 Å². The topological polar surface area (TPSA) is 82.0 Å². The Morgan fingerprint density at radius 1 is 0.824 bits per heavy atom. The number of halogens is 6. The second-order valence-corrected chi connectivity index (χ2v) is 7.06. The first kappa shape index (κ1) is 21.6. The molecule has 7 nitrogen and oxygen atoms in total.